The fourth-order valence-electron chi connectivity index (χ4n) is 0.201. The summed E-state index contributed by atoms with van der Waals surface area (Å²) in [4.78, 5) is 10.0. The highest BCUT2D eigenvalue weighted by Gasteiger charge is 2.02. The summed E-state index contributed by atoms with van der Waals surface area (Å²) in [6, 6.07) is -0.458. The predicted octanol–water partition coefficient (Wildman–Crippen LogP) is -0.369. The third kappa shape index (κ3) is 3.89. The van der Waals surface area contributed by atoms with Gasteiger partial charge in [0.05, 0.1) is 6.04 Å². The summed E-state index contributed by atoms with van der Waals surface area (Å²) in [5.41, 5.74) is 9.92. The third-order valence-corrected chi connectivity index (χ3v) is 0.805. The molecule has 0 saturated carbocycles. The van der Waals surface area contributed by atoms with Crippen molar-refractivity contribution >= 4 is 18.3 Å². The van der Waals surface area contributed by atoms with Crippen LogP contribution in [0.15, 0.2) is 0 Å². The molecule has 0 saturated heterocycles. The molecule has 0 fully saturated rings. The van der Waals surface area contributed by atoms with E-state index in [0.717, 1.165) is 0 Å². The highest BCUT2D eigenvalue weighted by atomic mass is 35.5. The van der Waals surface area contributed by atoms with Gasteiger partial charge in [0.1, 0.15) is 0 Å². The van der Waals surface area contributed by atoms with Crippen molar-refractivity contribution in [2.45, 2.75) is 19.4 Å². The lowest BCUT2D eigenvalue weighted by atomic mass is 10.2. The molecular formula is C4H11ClN2O. The quantitative estimate of drug-likeness (QED) is 0.547. The minimum atomic E-state index is -0.458. The van der Waals surface area contributed by atoms with Gasteiger partial charge in [-0.3, -0.25) is 4.79 Å². The van der Waals surface area contributed by atoms with Gasteiger partial charge in [-0.05, 0) is 6.42 Å². The third-order valence-electron chi connectivity index (χ3n) is 0.805. The number of nitrogens with two attached hydrogens (primary N) is 2. The zero-order valence-electron chi connectivity index (χ0n) is 4.76. The predicted molar refractivity (Wildman–Crippen MR) is 34.7 cm³/mol. The molecule has 0 aliphatic rings. The van der Waals surface area contributed by atoms with Gasteiger partial charge in [0.2, 0.25) is 5.91 Å². The number of carbonyl (C=O) groups is 1. The first kappa shape index (κ1) is 10.7. The standard InChI is InChI=1S/C4H10N2O.ClH/c1-2-3(5)4(6)7;/h3H,2,5H2,1H3,(H2,6,7);1H. The fraction of sp³-hybridized carbons (Fsp3) is 0.750. The fourth-order valence-corrected chi connectivity index (χ4v) is 0.201. The Kier molecular flexibility index (Phi) is 6.48. The van der Waals surface area contributed by atoms with Crippen molar-refractivity contribution in [1.29, 1.82) is 0 Å². The van der Waals surface area contributed by atoms with Crippen molar-refractivity contribution < 1.29 is 4.79 Å². The van der Waals surface area contributed by atoms with Gasteiger partial charge in [-0.2, -0.15) is 0 Å². The first-order valence-corrected chi connectivity index (χ1v) is 2.23. The van der Waals surface area contributed by atoms with Crippen molar-refractivity contribution in [3.63, 3.8) is 0 Å². The smallest absolute Gasteiger partial charge is 0.234 e. The Labute approximate surface area is 54.8 Å². The normalized spacial score (nSPS) is 11.8. The van der Waals surface area contributed by atoms with Crippen LogP contribution in [0.25, 0.3) is 0 Å². The van der Waals surface area contributed by atoms with E-state index in [0.29, 0.717) is 6.42 Å². The lowest BCUT2D eigenvalue weighted by molar-refractivity contribution is -0.119. The van der Waals surface area contributed by atoms with Gasteiger partial charge in [0.25, 0.3) is 0 Å². The zero-order chi connectivity index (χ0) is 5.86. The second-order valence-electron chi connectivity index (χ2n) is 1.42. The summed E-state index contributed by atoms with van der Waals surface area (Å²) in [5, 5.41) is 0. The summed E-state index contributed by atoms with van der Waals surface area (Å²) < 4.78 is 0. The number of hydrogen-bond acceptors (Lipinski definition) is 2. The molecule has 3 nitrogen and oxygen atoms in total. The monoisotopic (exact) mass is 138 g/mol. The Hall–Kier alpha value is -0.280. The van der Waals surface area contributed by atoms with E-state index in [1.54, 1.807) is 0 Å². The van der Waals surface area contributed by atoms with Crippen LogP contribution >= 0.6 is 12.4 Å². The van der Waals surface area contributed by atoms with Crippen LogP contribution in [0.5, 0.6) is 0 Å². The largest absolute Gasteiger partial charge is 0.368 e. The molecule has 1 unspecified atom stereocenters. The van der Waals surface area contributed by atoms with Crippen molar-refractivity contribution in [3.05, 3.63) is 0 Å². The van der Waals surface area contributed by atoms with E-state index in [1.165, 1.54) is 0 Å². The van der Waals surface area contributed by atoms with Crippen molar-refractivity contribution in [2.24, 2.45) is 11.5 Å². The number of carbonyl (C=O) groups excluding carboxylic acids is 1. The molecule has 4 heteroatoms. The molecule has 0 rings (SSSR count). The van der Waals surface area contributed by atoms with Gasteiger partial charge >= 0.3 is 0 Å². The molecule has 0 spiro atoms. The summed E-state index contributed by atoms with van der Waals surface area (Å²) in [6.45, 7) is 1.81. The van der Waals surface area contributed by atoms with Crippen LogP contribution in [0.3, 0.4) is 0 Å². The summed E-state index contributed by atoms with van der Waals surface area (Å²) in [6.07, 6.45) is 0.620. The maximum Gasteiger partial charge on any atom is 0.234 e. The molecule has 0 aromatic heterocycles. The molecular weight excluding hydrogens is 128 g/mol. The Morgan fingerprint density at radius 2 is 2.12 bits per heavy atom. The molecule has 1 atom stereocenters. The van der Waals surface area contributed by atoms with Gasteiger partial charge in [0, 0.05) is 0 Å². The first-order chi connectivity index (χ1) is 3.18. The van der Waals surface area contributed by atoms with E-state index in [-0.39, 0.29) is 12.4 Å². The van der Waals surface area contributed by atoms with Crippen LogP contribution in [-0.2, 0) is 4.79 Å². The lowest BCUT2D eigenvalue weighted by Gasteiger charge is -1.98. The molecule has 4 N–H and O–H groups in total. The van der Waals surface area contributed by atoms with Crippen LogP contribution in [0.1, 0.15) is 13.3 Å². The van der Waals surface area contributed by atoms with Crippen LogP contribution in [-0.4, -0.2) is 11.9 Å². The van der Waals surface area contributed by atoms with E-state index in [1.807, 2.05) is 6.92 Å². The summed E-state index contributed by atoms with van der Waals surface area (Å²) >= 11 is 0. The molecule has 0 aromatic rings. The lowest BCUT2D eigenvalue weighted by Crippen LogP contribution is -2.35. The van der Waals surface area contributed by atoms with Crippen LogP contribution in [0, 0.1) is 0 Å². The highest BCUT2D eigenvalue weighted by Crippen LogP contribution is 1.80. The number of amides is 1. The van der Waals surface area contributed by atoms with Crippen LogP contribution in [0.4, 0.5) is 0 Å². The Bertz CT molecular complexity index is 76.4. The summed E-state index contributed by atoms with van der Waals surface area (Å²) in [7, 11) is 0. The average molecular weight is 139 g/mol. The molecule has 8 heavy (non-hydrogen) atoms. The first-order valence-electron chi connectivity index (χ1n) is 2.23. The highest BCUT2D eigenvalue weighted by molar-refractivity contribution is 5.85. The average Bonchev–Trinajstić information content (AvgIpc) is 1.65. The van der Waals surface area contributed by atoms with Crippen LogP contribution in [0.2, 0.25) is 0 Å². The topological polar surface area (TPSA) is 69.1 Å². The molecule has 0 aliphatic carbocycles. The van der Waals surface area contributed by atoms with E-state index in [2.05, 4.69) is 0 Å². The number of hydrogen-bond donors (Lipinski definition) is 2. The second-order valence-corrected chi connectivity index (χ2v) is 1.42. The molecule has 0 aliphatic heterocycles. The molecule has 1 amide bonds. The Morgan fingerprint density at radius 1 is 1.75 bits per heavy atom. The maximum absolute atomic E-state index is 10.0. The number of halogens is 1. The van der Waals surface area contributed by atoms with E-state index in [9.17, 15) is 4.79 Å². The molecule has 50 valence electrons. The Morgan fingerprint density at radius 3 is 2.12 bits per heavy atom. The minimum Gasteiger partial charge on any atom is -0.368 e. The molecule has 0 bridgehead atoms. The molecule has 0 radical (unpaired) electrons. The van der Waals surface area contributed by atoms with E-state index < -0.39 is 11.9 Å². The van der Waals surface area contributed by atoms with Crippen molar-refractivity contribution in [1.82, 2.24) is 0 Å². The maximum atomic E-state index is 10.0. The van der Waals surface area contributed by atoms with Gasteiger partial charge in [-0.25, -0.2) is 0 Å². The van der Waals surface area contributed by atoms with Gasteiger partial charge in [0.15, 0.2) is 0 Å². The zero-order valence-corrected chi connectivity index (χ0v) is 5.57. The van der Waals surface area contributed by atoms with Gasteiger partial charge in [-0.1, -0.05) is 6.92 Å². The minimum absolute atomic E-state index is 0. The van der Waals surface area contributed by atoms with E-state index in [4.69, 9.17) is 11.5 Å². The molecule has 0 heterocycles. The SMILES string of the molecule is CCC(N)C(N)=O.Cl. The van der Waals surface area contributed by atoms with Gasteiger partial charge in [-0.15, -0.1) is 12.4 Å². The van der Waals surface area contributed by atoms with Crippen LogP contribution < -0.4 is 11.5 Å². The summed E-state index contributed by atoms with van der Waals surface area (Å²) in [5.74, 6) is -0.428. The number of rotatable bonds is 2. The van der Waals surface area contributed by atoms with Gasteiger partial charge < -0.3 is 11.5 Å². The second kappa shape index (κ2) is 4.87. The van der Waals surface area contributed by atoms with Crippen molar-refractivity contribution in [3.8, 4) is 0 Å². The Balaban J connectivity index is 0. The van der Waals surface area contributed by atoms with E-state index >= 15 is 0 Å². The number of primary amides is 1. The molecule has 0 aromatic carbocycles. The van der Waals surface area contributed by atoms with Crippen molar-refractivity contribution in [2.75, 3.05) is 0 Å².